The highest BCUT2D eigenvalue weighted by molar-refractivity contribution is 9.10. The summed E-state index contributed by atoms with van der Waals surface area (Å²) >= 11 is 3.57. The molecule has 21 heavy (non-hydrogen) atoms. The van der Waals surface area contributed by atoms with Crippen molar-refractivity contribution in [2.24, 2.45) is 4.99 Å². The maximum atomic E-state index is 5.44. The predicted molar refractivity (Wildman–Crippen MR) is 90.8 cm³/mol. The first-order chi connectivity index (χ1) is 10.1. The lowest BCUT2D eigenvalue weighted by molar-refractivity contribution is 0.412. The normalized spacial score (nSPS) is 13.6. The molecule has 0 unspecified atom stereocenters. The fourth-order valence-corrected chi connectivity index (χ4v) is 3.41. The molecule has 0 aromatic heterocycles. The maximum Gasteiger partial charge on any atom is 0.133 e. The average molecular weight is 344 g/mol. The van der Waals surface area contributed by atoms with Crippen LogP contribution >= 0.6 is 15.9 Å². The number of ether oxygens (including phenoxy) is 1. The smallest absolute Gasteiger partial charge is 0.133 e. The minimum atomic E-state index is 0.842. The second-order valence-electron chi connectivity index (χ2n) is 5.44. The molecule has 0 saturated carbocycles. The molecule has 2 nitrogen and oxygen atoms in total. The summed E-state index contributed by atoms with van der Waals surface area (Å²) in [4.78, 5) is 4.78. The fraction of sp³-hybridized carbons (Fsp3) is 0.278. The zero-order chi connectivity index (χ0) is 15.0. The summed E-state index contributed by atoms with van der Waals surface area (Å²) in [5, 5.41) is 0. The molecule has 0 spiro atoms. The first-order valence-electron chi connectivity index (χ1n) is 7.09. The first kappa shape index (κ1) is 14.3. The van der Waals surface area contributed by atoms with Crippen molar-refractivity contribution < 1.29 is 4.74 Å². The number of aliphatic imine (C=N–C) groups is 1. The van der Waals surface area contributed by atoms with Crippen molar-refractivity contribution in [1.29, 1.82) is 0 Å². The highest BCUT2D eigenvalue weighted by Crippen LogP contribution is 2.32. The molecular weight excluding hydrogens is 326 g/mol. The lowest BCUT2D eigenvalue weighted by Crippen LogP contribution is -2.15. The van der Waals surface area contributed by atoms with Crippen LogP contribution in [0.5, 0.6) is 5.75 Å². The number of halogens is 1. The lowest BCUT2D eigenvalue weighted by Gasteiger charge is -2.20. The van der Waals surface area contributed by atoms with Crippen molar-refractivity contribution in [1.82, 2.24) is 0 Å². The van der Waals surface area contributed by atoms with Crippen LogP contribution in [0.25, 0.3) is 0 Å². The van der Waals surface area contributed by atoms with Crippen LogP contribution in [0.4, 0.5) is 0 Å². The third kappa shape index (κ3) is 2.62. The third-order valence-corrected chi connectivity index (χ3v) is 4.54. The molecule has 1 aliphatic rings. The zero-order valence-corrected chi connectivity index (χ0v) is 14.1. The van der Waals surface area contributed by atoms with E-state index in [0.717, 1.165) is 28.9 Å². The van der Waals surface area contributed by atoms with Gasteiger partial charge in [-0.1, -0.05) is 23.8 Å². The van der Waals surface area contributed by atoms with Crippen molar-refractivity contribution in [3.05, 3.63) is 62.6 Å². The van der Waals surface area contributed by atoms with E-state index in [9.17, 15) is 0 Å². The second-order valence-corrected chi connectivity index (χ2v) is 6.30. The summed E-state index contributed by atoms with van der Waals surface area (Å²) in [7, 11) is 1.70. The number of hydrogen-bond acceptors (Lipinski definition) is 2. The van der Waals surface area contributed by atoms with Crippen molar-refractivity contribution in [3.8, 4) is 5.75 Å². The van der Waals surface area contributed by atoms with Gasteiger partial charge in [-0.3, -0.25) is 4.99 Å². The zero-order valence-electron chi connectivity index (χ0n) is 12.5. The Morgan fingerprint density at radius 1 is 1.10 bits per heavy atom. The molecule has 1 aliphatic heterocycles. The van der Waals surface area contributed by atoms with Crippen LogP contribution in [-0.4, -0.2) is 19.4 Å². The molecule has 0 fully saturated rings. The Labute approximate surface area is 134 Å². The minimum absolute atomic E-state index is 0.842. The molecule has 0 radical (unpaired) electrons. The highest BCUT2D eigenvalue weighted by atomic mass is 79.9. The molecule has 0 bridgehead atoms. The molecule has 2 aromatic rings. The van der Waals surface area contributed by atoms with Crippen LogP contribution in [0, 0.1) is 13.8 Å². The summed E-state index contributed by atoms with van der Waals surface area (Å²) in [6, 6.07) is 10.8. The summed E-state index contributed by atoms with van der Waals surface area (Å²) in [5.74, 6) is 0.855. The van der Waals surface area contributed by atoms with Gasteiger partial charge in [0.25, 0.3) is 0 Å². The Balaban J connectivity index is 2.16. The van der Waals surface area contributed by atoms with E-state index in [4.69, 9.17) is 9.73 Å². The summed E-state index contributed by atoms with van der Waals surface area (Å²) in [6.45, 7) is 5.11. The van der Waals surface area contributed by atoms with Crippen LogP contribution in [0.15, 0.2) is 39.8 Å². The van der Waals surface area contributed by atoms with Gasteiger partial charge in [0.15, 0.2) is 0 Å². The molecule has 108 valence electrons. The monoisotopic (exact) mass is 343 g/mol. The molecule has 0 aliphatic carbocycles. The molecule has 3 rings (SSSR count). The molecule has 0 N–H and O–H groups in total. The highest BCUT2D eigenvalue weighted by Gasteiger charge is 2.19. The topological polar surface area (TPSA) is 21.6 Å². The largest absolute Gasteiger partial charge is 0.496 e. The number of fused-ring (bicyclic) bond motifs is 1. The lowest BCUT2D eigenvalue weighted by atomic mass is 9.90. The Kier molecular flexibility index (Phi) is 3.85. The Bertz CT molecular complexity index is 734. The SMILES string of the molecule is COc1cc2c(cc1Br)CCN=C2c1ccc(C)cc1C. The van der Waals surface area contributed by atoms with Crippen molar-refractivity contribution >= 4 is 21.6 Å². The van der Waals surface area contributed by atoms with Crippen LogP contribution in [0.1, 0.15) is 27.8 Å². The first-order valence-corrected chi connectivity index (χ1v) is 7.88. The predicted octanol–water partition coefficient (Wildman–Crippen LogP) is 4.47. The van der Waals surface area contributed by atoms with Crippen LogP contribution < -0.4 is 4.74 Å². The maximum absolute atomic E-state index is 5.44. The van der Waals surface area contributed by atoms with E-state index in [-0.39, 0.29) is 0 Å². The third-order valence-electron chi connectivity index (χ3n) is 3.92. The summed E-state index contributed by atoms with van der Waals surface area (Å²) in [5.41, 5.74) is 7.36. The van der Waals surface area contributed by atoms with Crippen molar-refractivity contribution in [2.45, 2.75) is 20.3 Å². The van der Waals surface area contributed by atoms with Gasteiger partial charge in [-0.15, -0.1) is 0 Å². The molecular formula is C18H18BrNO. The number of benzene rings is 2. The summed E-state index contributed by atoms with van der Waals surface area (Å²) < 4.78 is 6.45. The molecule has 0 saturated heterocycles. The van der Waals surface area contributed by atoms with E-state index in [1.807, 2.05) is 0 Å². The van der Waals surface area contributed by atoms with E-state index in [1.54, 1.807) is 7.11 Å². The number of hydrogen-bond donors (Lipinski definition) is 0. The molecule has 2 aromatic carbocycles. The van der Waals surface area contributed by atoms with Gasteiger partial charge in [0.05, 0.1) is 17.3 Å². The van der Waals surface area contributed by atoms with Gasteiger partial charge in [0, 0.05) is 17.7 Å². The molecule has 3 heteroatoms. The number of methoxy groups -OCH3 is 1. The molecule has 0 atom stereocenters. The quantitative estimate of drug-likeness (QED) is 0.788. The van der Waals surface area contributed by atoms with E-state index in [2.05, 4.69) is 60.1 Å². The Morgan fingerprint density at radius 2 is 1.90 bits per heavy atom. The van der Waals surface area contributed by atoms with Crippen LogP contribution in [-0.2, 0) is 6.42 Å². The van der Waals surface area contributed by atoms with E-state index < -0.39 is 0 Å². The Hall–Kier alpha value is -1.61. The van der Waals surface area contributed by atoms with Gasteiger partial charge in [0.1, 0.15) is 5.75 Å². The number of nitrogens with zero attached hydrogens (tertiary/aromatic N) is 1. The van der Waals surface area contributed by atoms with E-state index >= 15 is 0 Å². The molecule has 0 amide bonds. The minimum Gasteiger partial charge on any atom is -0.496 e. The van der Waals surface area contributed by atoms with E-state index in [0.29, 0.717) is 0 Å². The van der Waals surface area contributed by atoms with Gasteiger partial charge < -0.3 is 4.74 Å². The average Bonchev–Trinajstić information content (AvgIpc) is 2.46. The molecule has 1 heterocycles. The number of aryl methyl sites for hydroxylation is 2. The van der Waals surface area contributed by atoms with E-state index in [1.165, 1.54) is 27.8 Å². The van der Waals surface area contributed by atoms with Gasteiger partial charge >= 0.3 is 0 Å². The van der Waals surface area contributed by atoms with Crippen LogP contribution in [0.2, 0.25) is 0 Å². The summed E-state index contributed by atoms with van der Waals surface area (Å²) in [6.07, 6.45) is 0.979. The number of rotatable bonds is 2. The standard InChI is InChI=1S/C18H18BrNO/c1-11-4-5-14(12(2)8-11)18-15-10-17(21-3)16(19)9-13(15)6-7-20-18/h4-5,8-10H,6-7H2,1-3H3. The van der Waals surface area contributed by atoms with Crippen LogP contribution in [0.3, 0.4) is 0 Å². The van der Waals surface area contributed by atoms with Gasteiger partial charge in [0.2, 0.25) is 0 Å². The van der Waals surface area contributed by atoms with Crippen molar-refractivity contribution in [3.63, 3.8) is 0 Å². The fourth-order valence-electron chi connectivity index (χ4n) is 2.86. The Morgan fingerprint density at radius 3 is 2.62 bits per heavy atom. The van der Waals surface area contributed by atoms with Gasteiger partial charge in [-0.25, -0.2) is 0 Å². The second kappa shape index (κ2) is 5.64. The van der Waals surface area contributed by atoms with Crippen molar-refractivity contribution in [2.75, 3.05) is 13.7 Å². The van der Waals surface area contributed by atoms with Gasteiger partial charge in [-0.05, 0) is 59.5 Å². The van der Waals surface area contributed by atoms with Gasteiger partial charge in [-0.2, -0.15) is 0 Å².